The number of amides is 1. The van der Waals surface area contributed by atoms with Crippen LogP contribution in [0, 0.1) is 5.41 Å². The lowest BCUT2D eigenvalue weighted by Gasteiger charge is -2.58. The molecule has 4 heteroatoms. The Morgan fingerprint density at radius 3 is 1.87 bits per heavy atom. The molecular formula is C11H17NO3. The molecular weight excluding hydrogens is 194 g/mol. The van der Waals surface area contributed by atoms with Crippen LogP contribution >= 0.6 is 0 Å². The normalized spacial score (nSPS) is 25.9. The molecule has 2 aliphatic carbocycles. The highest BCUT2D eigenvalue weighted by atomic mass is 16.4. The second-order valence-corrected chi connectivity index (χ2v) is 4.86. The van der Waals surface area contributed by atoms with Crippen LogP contribution in [0.25, 0.3) is 0 Å². The van der Waals surface area contributed by atoms with Crippen LogP contribution in [0.4, 0.5) is 0 Å². The Bertz CT molecular complexity index is 303. The minimum absolute atomic E-state index is 0.109. The van der Waals surface area contributed by atoms with Crippen molar-refractivity contribution in [3.05, 3.63) is 0 Å². The van der Waals surface area contributed by atoms with Crippen LogP contribution in [0.1, 0.15) is 45.4 Å². The van der Waals surface area contributed by atoms with Gasteiger partial charge in [-0.25, -0.2) is 0 Å². The van der Waals surface area contributed by atoms with Crippen molar-refractivity contribution in [2.45, 2.75) is 51.0 Å². The van der Waals surface area contributed by atoms with Crippen LogP contribution in [0.2, 0.25) is 0 Å². The van der Waals surface area contributed by atoms with Gasteiger partial charge in [-0.05, 0) is 32.1 Å². The minimum atomic E-state index is -0.734. The maximum absolute atomic E-state index is 11.4. The minimum Gasteiger partial charge on any atom is -0.481 e. The highest BCUT2D eigenvalue weighted by Gasteiger charge is 2.62. The highest BCUT2D eigenvalue weighted by Crippen LogP contribution is 2.57. The lowest BCUT2D eigenvalue weighted by atomic mass is 9.50. The van der Waals surface area contributed by atoms with Gasteiger partial charge in [-0.3, -0.25) is 9.59 Å². The van der Waals surface area contributed by atoms with E-state index in [-0.39, 0.29) is 5.91 Å². The van der Waals surface area contributed by atoms with Crippen LogP contribution in [-0.4, -0.2) is 22.5 Å². The summed E-state index contributed by atoms with van der Waals surface area (Å²) in [4.78, 5) is 22.5. The van der Waals surface area contributed by atoms with E-state index in [1.54, 1.807) is 0 Å². The second kappa shape index (κ2) is 3.22. The Kier molecular flexibility index (Phi) is 2.24. The zero-order valence-electron chi connectivity index (χ0n) is 9.01. The summed E-state index contributed by atoms with van der Waals surface area (Å²) in [6, 6.07) is 0. The zero-order chi connectivity index (χ0) is 11.1. The molecule has 0 spiro atoms. The lowest BCUT2D eigenvalue weighted by Crippen LogP contribution is -2.68. The molecule has 0 atom stereocenters. The van der Waals surface area contributed by atoms with Gasteiger partial charge in [-0.1, -0.05) is 6.42 Å². The predicted octanol–water partition coefficient (Wildman–Crippen LogP) is 1.30. The smallest absolute Gasteiger partial charge is 0.312 e. The van der Waals surface area contributed by atoms with E-state index < -0.39 is 16.9 Å². The largest absolute Gasteiger partial charge is 0.481 e. The van der Waals surface area contributed by atoms with Gasteiger partial charge in [0.1, 0.15) is 0 Å². The molecule has 1 amide bonds. The Balaban J connectivity index is 2.24. The molecule has 2 fully saturated rings. The quantitative estimate of drug-likeness (QED) is 0.739. The van der Waals surface area contributed by atoms with Crippen molar-refractivity contribution < 1.29 is 14.7 Å². The van der Waals surface area contributed by atoms with Gasteiger partial charge >= 0.3 is 5.97 Å². The van der Waals surface area contributed by atoms with E-state index >= 15 is 0 Å². The van der Waals surface area contributed by atoms with Gasteiger partial charge in [0.15, 0.2) is 0 Å². The van der Waals surface area contributed by atoms with Gasteiger partial charge in [0.25, 0.3) is 0 Å². The number of carbonyl (C=O) groups is 2. The van der Waals surface area contributed by atoms with E-state index in [1.165, 1.54) is 6.92 Å². The average molecular weight is 211 g/mol. The molecule has 0 aromatic carbocycles. The molecule has 15 heavy (non-hydrogen) atoms. The molecule has 0 heterocycles. The van der Waals surface area contributed by atoms with Crippen molar-refractivity contribution in [3.63, 3.8) is 0 Å². The Labute approximate surface area is 89.0 Å². The number of nitrogens with one attached hydrogen (secondary N) is 1. The zero-order valence-corrected chi connectivity index (χ0v) is 9.01. The fourth-order valence-corrected chi connectivity index (χ4v) is 3.02. The topological polar surface area (TPSA) is 66.4 Å². The van der Waals surface area contributed by atoms with Crippen molar-refractivity contribution in [2.24, 2.45) is 5.41 Å². The molecule has 2 aliphatic rings. The van der Waals surface area contributed by atoms with Crippen molar-refractivity contribution in [3.8, 4) is 0 Å². The molecule has 0 bridgehead atoms. The molecule has 0 radical (unpaired) electrons. The van der Waals surface area contributed by atoms with E-state index in [1.807, 2.05) is 0 Å². The summed E-state index contributed by atoms with van der Waals surface area (Å²) < 4.78 is 0. The standard InChI is InChI=1S/C11H17NO3/c1-8(13)12-11(6-3-7-11)10(9(14)15)4-2-5-10/h2-7H2,1H3,(H,12,13)(H,14,15). The fraction of sp³-hybridized carbons (Fsp3) is 0.818. The molecule has 0 aromatic heterocycles. The third-order valence-corrected chi connectivity index (χ3v) is 4.15. The Morgan fingerprint density at radius 2 is 1.67 bits per heavy atom. The lowest BCUT2D eigenvalue weighted by molar-refractivity contribution is -0.170. The number of carbonyl (C=O) groups excluding carboxylic acids is 1. The number of carboxylic acids is 1. The highest BCUT2D eigenvalue weighted by molar-refractivity contribution is 5.81. The number of carboxylic acid groups (broad SMARTS) is 1. The van der Waals surface area contributed by atoms with Crippen molar-refractivity contribution >= 4 is 11.9 Å². The average Bonchev–Trinajstić information content (AvgIpc) is 1.95. The summed E-state index contributed by atoms with van der Waals surface area (Å²) in [6.07, 6.45) is 5.05. The van der Waals surface area contributed by atoms with Gasteiger partial charge in [0.05, 0.1) is 11.0 Å². The van der Waals surface area contributed by atoms with E-state index in [4.69, 9.17) is 0 Å². The van der Waals surface area contributed by atoms with E-state index in [0.29, 0.717) is 12.8 Å². The summed E-state index contributed by atoms with van der Waals surface area (Å²) in [5.41, 5.74) is -1.11. The molecule has 0 aliphatic heterocycles. The summed E-state index contributed by atoms with van der Waals surface area (Å²) >= 11 is 0. The summed E-state index contributed by atoms with van der Waals surface area (Å²) in [7, 11) is 0. The first kappa shape index (κ1) is 10.5. The van der Waals surface area contributed by atoms with Gasteiger partial charge in [0, 0.05) is 6.92 Å². The first-order chi connectivity index (χ1) is 7.02. The second-order valence-electron chi connectivity index (χ2n) is 4.86. The molecule has 4 nitrogen and oxygen atoms in total. The van der Waals surface area contributed by atoms with Crippen molar-refractivity contribution in [1.29, 1.82) is 0 Å². The van der Waals surface area contributed by atoms with Gasteiger partial charge < -0.3 is 10.4 Å². The van der Waals surface area contributed by atoms with Crippen LogP contribution in [0.3, 0.4) is 0 Å². The van der Waals surface area contributed by atoms with Gasteiger partial charge in [0.2, 0.25) is 5.91 Å². The molecule has 0 unspecified atom stereocenters. The maximum atomic E-state index is 11.4. The number of rotatable bonds is 3. The molecule has 0 saturated heterocycles. The van der Waals surface area contributed by atoms with Crippen molar-refractivity contribution in [2.75, 3.05) is 0 Å². The van der Waals surface area contributed by atoms with E-state index in [0.717, 1.165) is 25.7 Å². The van der Waals surface area contributed by atoms with E-state index in [9.17, 15) is 14.7 Å². The first-order valence-corrected chi connectivity index (χ1v) is 5.55. The molecule has 0 aromatic rings. The van der Waals surface area contributed by atoms with Crippen LogP contribution < -0.4 is 5.32 Å². The third-order valence-electron chi connectivity index (χ3n) is 4.15. The Hall–Kier alpha value is -1.06. The summed E-state index contributed by atoms with van der Waals surface area (Å²) in [5, 5.41) is 12.2. The van der Waals surface area contributed by atoms with Crippen LogP contribution in [0.5, 0.6) is 0 Å². The molecule has 2 rings (SSSR count). The molecule has 2 saturated carbocycles. The summed E-state index contributed by atoms with van der Waals surface area (Å²) in [5.74, 6) is -0.843. The fourth-order valence-electron chi connectivity index (χ4n) is 3.02. The van der Waals surface area contributed by atoms with Crippen LogP contribution in [-0.2, 0) is 9.59 Å². The molecule has 84 valence electrons. The van der Waals surface area contributed by atoms with Gasteiger partial charge in [-0.15, -0.1) is 0 Å². The van der Waals surface area contributed by atoms with Gasteiger partial charge in [-0.2, -0.15) is 0 Å². The summed E-state index contributed by atoms with van der Waals surface area (Å²) in [6.45, 7) is 1.47. The SMILES string of the molecule is CC(=O)NC1(C2(C(=O)O)CCC2)CCC1. The Morgan fingerprint density at radius 1 is 1.13 bits per heavy atom. The maximum Gasteiger partial charge on any atom is 0.312 e. The van der Waals surface area contributed by atoms with Crippen molar-refractivity contribution in [1.82, 2.24) is 5.32 Å². The number of hydrogen-bond donors (Lipinski definition) is 2. The monoisotopic (exact) mass is 211 g/mol. The first-order valence-electron chi connectivity index (χ1n) is 5.55. The third kappa shape index (κ3) is 1.27. The molecule has 2 N–H and O–H groups in total. The number of aliphatic carboxylic acids is 1. The van der Waals surface area contributed by atoms with Crippen LogP contribution in [0.15, 0.2) is 0 Å². The predicted molar refractivity (Wildman–Crippen MR) is 54.3 cm³/mol. The number of hydrogen-bond acceptors (Lipinski definition) is 2. The van der Waals surface area contributed by atoms with E-state index in [2.05, 4.69) is 5.32 Å².